The molecule has 0 radical (unpaired) electrons. The Morgan fingerprint density at radius 3 is 1.55 bits per heavy atom. The fraction of sp³-hybridized carbons (Fsp3) is 0.704. The summed E-state index contributed by atoms with van der Waals surface area (Å²) in [5, 5.41) is 79.5. The lowest BCUT2D eigenvalue weighted by Gasteiger charge is -2.47. The minimum Gasteiger partial charge on any atom is -0.389 e. The van der Waals surface area contributed by atoms with Crippen LogP contribution in [0.15, 0.2) is 37.8 Å². The van der Waals surface area contributed by atoms with E-state index in [0.29, 0.717) is 0 Å². The van der Waals surface area contributed by atoms with Crippen LogP contribution in [0.3, 0.4) is 0 Å². The molecule has 3 aromatic rings. The van der Waals surface area contributed by atoms with E-state index in [1.54, 1.807) is 0 Å². The lowest BCUT2D eigenvalue weighted by molar-refractivity contribution is -0.306. The molecule has 7 rings (SSSR count). The van der Waals surface area contributed by atoms with Gasteiger partial charge in [-0.1, -0.05) is 5.21 Å². The summed E-state index contributed by atoms with van der Waals surface area (Å²) in [6.45, 7) is -2.50. The molecule has 6 heterocycles. The summed E-state index contributed by atoms with van der Waals surface area (Å²) in [6, 6.07) is -4.76. The van der Waals surface area contributed by atoms with Gasteiger partial charge in [0.05, 0.1) is 50.1 Å². The van der Waals surface area contributed by atoms with Crippen LogP contribution in [0, 0.1) is 13.8 Å². The Morgan fingerprint density at radius 1 is 0.594 bits per heavy atom. The highest BCUT2D eigenvalue weighted by Crippen LogP contribution is 2.35. The Labute approximate surface area is 545 Å². The SMILES string of the molecule is Cc1cn(CC(=O)N(CCN)CC(=O)NCCN(CC(=O)NCCN(CC(N)=O)C(=O)CCc2cn(C[C@H]3O[C@@H](O[C@@H]4[C@@H](O)[C@H](N)C[C@H](N)[C@H]4O[C@H]4O[C@H](CN)[C@@H](O)[C@H](O)[C@H]4N)[C@H](O)[C@@H]3O[C@H]3O[C@@H](CN)[C@@H](O)[C@H](O)[C@H]3N)nn2)C(=O)Cn2cc(C)c(=O)[nH]c2=O)c(=O)[nH]c1=O. The maximum Gasteiger partial charge on any atom is 0.328 e. The van der Waals surface area contributed by atoms with Gasteiger partial charge in [0.1, 0.15) is 80.2 Å². The molecule has 0 unspecified atom stereocenters. The number of aromatic amines is 2. The number of rotatable bonds is 31. The largest absolute Gasteiger partial charge is 0.389 e. The van der Waals surface area contributed by atoms with E-state index >= 15 is 0 Å². The van der Waals surface area contributed by atoms with Crippen molar-refractivity contribution >= 4 is 35.4 Å². The van der Waals surface area contributed by atoms with Gasteiger partial charge in [0, 0.05) is 107 Å². The van der Waals surface area contributed by atoms with Crippen molar-refractivity contribution in [1.29, 1.82) is 0 Å². The average molecular weight is 1370 g/mol. The number of nitrogens with two attached hydrogens (primary N) is 8. The quantitative estimate of drug-likeness (QED) is 0.0284. The fourth-order valence-electron chi connectivity index (χ4n) is 11.2. The molecular formula is C54H88N20O22. The third-order valence-electron chi connectivity index (χ3n) is 16.6. The fourth-order valence-corrected chi connectivity index (χ4v) is 11.2. The van der Waals surface area contributed by atoms with Crippen LogP contribution in [-0.4, -0.2) is 303 Å². The Hall–Kier alpha value is -7.44. The molecule has 3 saturated heterocycles. The molecule has 1 aliphatic carbocycles. The summed E-state index contributed by atoms with van der Waals surface area (Å²) in [5.74, 6) is -4.61. The van der Waals surface area contributed by atoms with Crippen LogP contribution in [0.2, 0.25) is 0 Å². The zero-order valence-electron chi connectivity index (χ0n) is 52.6. The maximum absolute atomic E-state index is 13.8. The number of H-pyrrole nitrogens is 2. The van der Waals surface area contributed by atoms with Gasteiger partial charge in [-0.05, 0) is 20.3 Å². The van der Waals surface area contributed by atoms with Gasteiger partial charge < -0.3 is 130 Å². The van der Waals surface area contributed by atoms with Crippen LogP contribution < -0.4 is 79.0 Å². The van der Waals surface area contributed by atoms with Crippen molar-refractivity contribution in [2.45, 2.75) is 169 Å². The normalized spacial score (nSPS) is 29.8. The molecule has 4 fully saturated rings. The van der Waals surface area contributed by atoms with E-state index < -0.39 is 207 Å². The highest BCUT2D eigenvalue weighted by atomic mass is 16.8. The van der Waals surface area contributed by atoms with Gasteiger partial charge in [0.2, 0.25) is 35.4 Å². The predicted molar refractivity (Wildman–Crippen MR) is 326 cm³/mol. The second-order valence-electron chi connectivity index (χ2n) is 23.8. The molecular weight excluding hydrogens is 1280 g/mol. The number of hydrogen-bond donors (Lipinski definition) is 18. The molecule has 6 amide bonds. The lowest BCUT2D eigenvalue weighted by Crippen LogP contribution is -2.68. The second kappa shape index (κ2) is 34.2. The molecule has 3 aromatic heterocycles. The summed E-state index contributed by atoms with van der Waals surface area (Å²) in [6.07, 6.45) is -18.8. The first-order chi connectivity index (χ1) is 45.4. The number of amides is 6. The number of nitrogens with zero attached hydrogens (tertiary/aromatic N) is 8. The van der Waals surface area contributed by atoms with Gasteiger partial charge in [-0.3, -0.25) is 57.5 Å². The van der Waals surface area contributed by atoms with Gasteiger partial charge in [0.25, 0.3) is 11.1 Å². The molecule has 19 atom stereocenters. The summed E-state index contributed by atoms with van der Waals surface area (Å²) >= 11 is 0. The van der Waals surface area contributed by atoms with Crippen molar-refractivity contribution in [3.63, 3.8) is 0 Å². The Morgan fingerprint density at radius 2 is 1.06 bits per heavy atom. The topological polar surface area (TPSA) is 662 Å². The zero-order valence-corrected chi connectivity index (χ0v) is 52.6. The van der Waals surface area contributed by atoms with Crippen molar-refractivity contribution in [3.8, 4) is 0 Å². The van der Waals surface area contributed by atoms with E-state index in [9.17, 15) is 78.6 Å². The van der Waals surface area contributed by atoms with Crippen molar-refractivity contribution in [1.82, 2.24) is 59.4 Å². The number of hydrogen-bond acceptors (Lipinski definition) is 31. The standard InChI is InChI=1S/C54H88N20O22/c1-23-14-72(53(89)65-48(23)87)21-35(79)69(8-5-55)19-32(76)64-7-10-71(36(80)22-73-15-24(2)49(88)66-54(73)90)20-33(77)63-6-9-70(18-31(60)75)34(78)4-3-25-16-74(68-67-25)17-30-46(95-51-38(62)43(85)41(83)29(13-57)92-51)44(86)52(93-30)96-47-39(81)26(58)11-27(59)45(47)94-50-37(61)42(84)40(82)28(12-56)91-50/h14-16,26-30,37-47,50-52,81-86H,3-13,17-22,55-59,61-62H2,1-2H3,(H2,60,75)(H,63,77)(H,64,76)(H,65,87,89)(H,66,88,90)/t26-,27+,28-,29+,30-,37-,38-,39+,40-,41-,42-,43-,44-,45-,46-,47-,50-,51-,52+/m1/s1. The summed E-state index contributed by atoms with van der Waals surface area (Å²) in [4.78, 5) is 136. The van der Waals surface area contributed by atoms with Crippen LogP contribution in [0.1, 0.15) is 29.7 Å². The van der Waals surface area contributed by atoms with Gasteiger partial charge in [-0.25, -0.2) is 14.3 Å². The molecule has 0 bridgehead atoms. The van der Waals surface area contributed by atoms with E-state index in [1.165, 1.54) is 30.9 Å². The highest BCUT2D eigenvalue weighted by Gasteiger charge is 2.55. The van der Waals surface area contributed by atoms with Gasteiger partial charge in [0.15, 0.2) is 18.9 Å². The number of aromatic nitrogens is 7. The van der Waals surface area contributed by atoms with Crippen LogP contribution in [0.4, 0.5) is 0 Å². The Kier molecular flexibility index (Phi) is 27.0. The summed E-state index contributed by atoms with van der Waals surface area (Å²) < 4.78 is 39.6. The number of aryl methyl sites for hydroxylation is 3. The highest BCUT2D eigenvalue weighted by molar-refractivity contribution is 5.86. The molecule has 4 aliphatic rings. The van der Waals surface area contributed by atoms with Gasteiger partial charge >= 0.3 is 11.4 Å². The van der Waals surface area contributed by atoms with Crippen LogP contribution in [-0.2, 0) is 83.2 Å². The minimum absolute atomic E-state index is 0.0222. The lowest BCUT2D eigenvalue weighted by atomic mass is 9.84. The third kappa shape index (κ3) is 19.2. The molecule has 3 aliphatic heterocycles. The number of aliphatic hydroxyl groups is 6. The number of nitrogens with one attached hydrogen (secondary N) is 4. The van der Waals surface area contributed by atoms with E-state index in [0.717, 1.165) is 30.0 Å². The molecule has 42 nitrogen and oxygen atoms in total. The van der Waals surface area contributed by atoms with E-state index in [-0.39, 0.29) is 95.0 Å². The Balaban J connectivity index is 0.985. The van der Waals surface area contributed by atoms with Crippen LogP contribution >= 0.6 is 0 Å². The van der Waals surface area contributed by atoms with Crippen LogP contribution in [0.25, 0.3) is 0 Å². The van der Waals surface area contributed by atoms with Crippen molar-refractivity contribution in [3.05, 3.63) is 77.1 Å². The molecule has 26 N–H and O–H groups in total. The second-order valence-corrected chi connectivity index (χ2v) is 23.8. The van der Waals surface area contributed by atoms with Crippen molar-refractivity contribution < 1.29 is 87.8 Å². The van der Waals surface area contributed by atoms with E-state index in [2.05, 4.69) is 30.9 Å². The van der Waals surface area contributed by atoms with Crippen molar-refractivity contribution in [2.75, 3.05) is 72.0 Å². The summed E-state index contributed by atoms with van der Waals surface area (Å²) in [7, 11) is 0. The number of primary amides is 1. The van der Waals surface area contributed by atoms with Gasteiger partial charge in [-0.15, -0.1) is 5.10 Å². The first-order valence-electron chi connectivity index (χ1n) is 30.7. The monoisotopic (exact) mass is 1370 g/mol. The first kappa shape index (κ1) is 75.9. The number of carbonyl (C=O) groups excluding carboxylic acids is 6. The molecule has 0 aromatic carbocycles. The predicted octanol–water partition coefficient (Wildman–Crippen LogP) is -14.8. The molecule has 42 heteroatoms. The maximum atomic E-state index is 13.8. The van der Waals surface area contributed by atoms with Gasteiger partial charge in [-0.2, -0.15) is 0 Å². The molecule has 0 spiro atoms. The number of carbonyl (C=O) groups is 6. The van der Waals surface area contributed by atoms with Crippen LogP contribution in [0.5, 0.6) is 0 Å². The van der Waals surface area contributed by atoms with E-state index in [4.69, 9.17) is 74.3 Å². The third-order valence-corrected chi connectivity index (χ3v) is 16.6. The van der Waals surface area contributed by atoms with E-state index in [1.807, 2.05) is 0 Å². The number of ether oxygens (including phenoxy) is 6. The summed E-state index contributed by atoms with van der Waals surface area (Å²) in [5.41, 5.74) is 45.4. The smallest absolute Gasteiger partial charge is 0.328 e. The van der Waals surface area contributed by atoms with Crippen molar-refractivity contribution in [2.24, 2.45) is 45.9 Å². The zero-order chi connectivity index (χ0) is 70.6. The Bertz CT molecular complexity index is 3400. The first-order valence-corrected chi connectivity index (χ1v) is 30.7. The number of aliphatic hydroxyl groups excluding tert-OH is 6. The molecule has 536 valence electrons. The molecule has 1 saturated carbocycles. The minimum atomic E-state index is -1.79. The average Bonchev–Trinajstić information content (AvgIpc) is 1.45. The molecule has 96 heavy (non-hydrogen) atoms.